The number of rotatable bonds is 5. The minimum Gasteiger partial charge on any atom is -0.394 e. The molecule has 0 radical (unpaired) electrons. The molecule has 1 saturated heterocycles. The van der Waals surface area contributed by atoms with Crippen molar-refractivity contribution in [1.29, 1.82) is 0 Å². The Morgan fingerprint density at radius 2 is 1.92 bits per heavy atom. The molecule has 0 aliphatic carbocycles. The number of aliphatic hydroxyl groups is 2. The van der Waals surface area contributed by atoms with Gasteiger partial charge in [-0.3, -0.25) is 0 Å². The molecule has 0 bridgehead atoms. The molecule has 1 aliphatic rings. The predicted molar refractivity (Wildman–Crippen MR) is 99.7 cm³/mol. The number of benzene rings is 2. The van der Waals surface area contributed by atoms with E-state index in [0.29, 0.717) is 24.8 Å². The Morgan fingerprint density at radius 1 is 1.12 bits per heavy atom. The highest BCUT2D eigenvalue weighted by Gasteiger charge is 2.29. The topological polar surface area (TPSA) is 49.7 Å². The Kier molecular flexibility index (Phi) is 6.07. The van der Waals surface area contributed by atoms with Gasteiger partial charge in [0.25, 0.3) is 0 Å². The first-order chi connectivity index (χ1) is 12.5. The lowest BCUT2D eigenvalue weighted by molar-refractivity contribution is -0.113. The van der Waals surface area contributed by atoms with Gasteiger partial charge in [0.2, 0.25) is 0 Å². The van der Waals surface area contributed by atoms with E-state index < -0.39 is 6.10 Å². The molecule has 26 heavy (non-hydrogen) atoms. The lowest BCUT2D eigenvalue weighted by Gasteiger charge is -2.32. The molecular formula is C22H27FO3. The molecule has 3 atom stereocenters. The highest BCUT2D eigenvalue weighted by atomic mass is 19.1. The fourth-order valence-electron chi connectivity index (χ4n) is 3.56. The van der Waals surface area contributed by atoms with Crippen LogP contribution < -0.4 is 0 Å². The second-order valence-corrected chi connectivity index (χ2v) is 7.20. The number of aryl methyl sites for hydroxylation is 2. The molecule has 0 aromatic heterocycles. The van der Waals surface area contributed by atoms with Gasteiger partial charge in [-0.25, -0.2) is 4.39 Å². The molecule has 2 aromatic carbocycles. The average molecular weight is 358 g/mol. The minimum atomic E-state index is -0.477. The summed E-state index contributed by atoms with van der Waals surface area (Å²) < 4.78 is 20.3. The van der Waals surface area contributed by atoms with E-state index >= 15 is 0 Å². The fraction of sp³-hybridized carbons (Fsp3) is 0.455. The summed E-state index contributed by atoms with van der Waals surface area (Å²) in [5.74, 6) is -0.168. The molecule has 3 rings (SSSR count). The van der Waals surface area contributed by atoms with Crippen molar-refractivity contribution in [3.8, 4) is 0 Å². The van der Waals surface area contributed by atoms with Crippen molar-refractivity contribution in [3.05, 3.63) is 70.0 Å². The maximum absolute atomic E-state index is 14.4. The van der Waals surface area contributed by atoms with Gasteiger partial charge in [0.1, 0.15) is 5.82 Å². The Hall–Kier alpha value is -1.75. The molecule has 2 aromatic rings. The summed E-state index contributed by atoms with van der Waals surface area (Å²) in [5.41, 5.74) is 4.79. The summed E-state index contributed by atoms with van der Waals surface area (Å²) in [6, 6.07) is 11.5. The third-order valence-electron chi connectivity index (χ3n) is 5.23. The standard InChI is InChI=1S/C22H27FO3/c1-3-15-5-7-16(21(23)8-15)9-18-10-17(6-4-14(18)2)22-12-19(25)11-20(13-24)26-22/h4-8,10,19-20,22,24-25H,3,9,11-13H2,1-2H3/t19-,20-,22+/m0/s1. The number of aliphatic hydroxyl groups excluding tert-OH is 2. The third kappa shape index (κ3) is 4.32. The van der Waals surface area contributed by atoms with Crippen molar-refractivity contribution in [3.63, 3.8) is 0 Å². The molecule has 1 heterocycles. The van der Waals surface area contributed by atoms with Crippen molar-refractivity contribution in [1.82, 2.24) is 0 Å². The Morgan fingerprint density at radius 3 is 2.62 bits per heavy atom. The highest BCUT2D eigenvalue weighted by Crippen LogP contribution is 2.33. The van der Waals surface area contributed by atoms with Crippen molar-refractivity contribution in [2.45, 2.75) is 57.8 Å². The van der Waals surface area contributed by atoms with Crippen LogP contribution in [0.15, 0.2) is 36.4 Å². The Balaban J connectivity index is 1.84. The third-order valence-corrected chi connectivity index (χ3v) is 5.23. The molecule has 2 N–H and O–H groups in total. The molecule has 0 spiro atoms. The first kappa shape index (κ1) is 19.0. The maximum atomic E-state index is 14.4. The van der Waals surface area contributed by atoms with E-state index in [1.807, 2.05) is 44.2 Å². The minimum absolute atomic E-state index is 0.0960. The van der Waals surface area contributed by atoms with Gasteiger partial charge in [-0.05, 0) is 47.2 Å². The first-order valence-electron chi connectivity index (χ1n) is 9.31. The SMILES string of the molecule is CCc1ccc(Cc2cc([C@H]3C[C@@H](O)C[C@@H](CO)O3)ccc2C)c(F)c1. The van der Waals surface area contributed by atoms with E-state index in [4.69, 9.17) is 4.74 Å². The highest BCUT2D eigenvalue weighted by molar-refractivity contribution is 5.37. The molecule has 3 nitrogen and oxygen atoms in total. The van der Waals surface area contributed by atoms with Crippen LogP contribution in [-0.2, 0) is 17.6 Å². The number of hydrogen-bond acceptors (Lipinski definition) is 3. The summed E-state index contributed by atoms with van der Waals surface area (Å²) in [4.78, 5) is 0. The smallest absolute Gasteiger partial charge is 0.127 e. The van der Waals surface area contributed by atoms with Gasteiger partial charge in [-0.2, -0.15) is 0 Å². The van der Waals surface area contributed by atoms with Crippen LogP contribution in [-0.4, -0.2) is 29.0 Å². The van der Waals surface area contributed by atoms with E-state index in [1.54, 1.807) is 6.07 Å². The van der Waals surface area contributed by atoms with Gasteiger partial charge in [-0.1, -0.05) is 37.3 Å². The molecular weight excluding hydrogens is 331 g/mol. The maximum Gasteiger partial charge on any atom is 0.127 e. The predicted octanol–water partition coefficient (Wildman–Crippen LogP) is 3.86. The largest absolute Gasteiger partial charge is 0.394 e. The van der Waals surface area contributed by atoms with Crippen molar-refractivity contribution in [2.24, 2.45) is 0 Å². The summed E-state index contributed by atoms with van der Waals surface area (Å²) >= 11 is 0. The van der Waals surface area contributed by atoms with Gasteiger partial charge in [0.15, 0.2) is 0 Å². The van der Waals surface area contributed by atoms with Crippen LogP contribution in [0.2, 0.25) is 0 Å². The number of hydrogen-bond donors (Lipinski definition) is 2. The van der Waals surface area contributed by atoms with E-state index in [1.165, 1.54) is 0 Å². The molecule has 4 heteroatoms. The van der Waals surface area contributed by atoms with Crippen LogP contribution in [0.5, 0.6) is 0 Å². The van der Waals surface area contributed by atoms with Gasteiger partial charge in [-0.15, -0.1) is 0 Å². The van der Waals surface area contributed by atoms with Crippen LogP contribution in [0.1, 0.15) is 53.7 Å². The summed E-state index contributed by atoms with van der Waals surface area (Å²) in [5, 5.41) is 19.4. The van der Waals surface area contributed by atoms with E-state index in [-0.39, 0.29) is 24.6 Å². The van der Waals surface area contributed by atoms with Crippen molar-refractivity contribution in [2.75, 3.05) is 6.61 Å². The van der Waals surface area contributed by atoms with Gasteiger partial charge in [0, 0.05) is 19.3 Å². The van der Waals surface area contributed by atoms with Gasteiger partial charge < -0.3 is 14.9 Å². The number of halogens is 1. The zero-order valence-corrected chi connectivity index (χ0v) is 15.4. The zero-order valence-electron chi connectivity index (χ0n) is 15.4. The molecule has 0 saturated carbocycles. The van der Waals surface area contributed by atoms with Gasteiger partial charge >= 0.3 is 0 Å². The normalized spacial score (nSPS) is 23.2. The van der Waals surface area contributed by atoms with Crippen molar-refractivity contribution >= 4 is 0 Å². The van der Waals surface area contributed by atoms with E-state index in [9.17, 15) is 14.6 Å². The average Bonchev–Trinajstić information content (AvgIpc) is 2.64. The fourth-order valence-corrected chi connectivity index (χ4v) is 3.56. The summed E-state index contributed by atoms with van der Waals surface area (Å²) in [6.45, 7) is 3.94. The van der Waals surface area contributed by atoms with Crippen LogP contribution in [0.25, 0.3) is 0 Å². The lowest BCUT2D eigenvalue weighted by atomic mass is 9.92. The van der Waals surface area contributed by atoms with Crippen LogP contribution >= 0.6 is 0 Å². The van der Waals surface area contributed by atoms with Gasteiger partial charge in [0.05, 0.1) is 24.9 Å². The van der Waals surface area contributed by atoms with Crippen LogP contribution in [0.3, 0.4) is 0 Å². The van der Waals surface area contributed by atoms with E-state index in [2.05, 4.69) is 0 Å². The second-order valence-electron chi connectivity index (χ2n) is 7.20. The monoisotopic (exact) mass is 358 g/mol. The second kappa shape index (κ2) is 8.30. The van der Waals surface area contributed by atoms with Crippen LogP contribution in [0, 0.1) is 12.7 Å². The number of ether oxygens (including phenoxy) is 1. The zero-order chi connectivity index (χ0) is 18.7. The molecule has 0 unspecified atom stereocenters. The Bertz CT molecular complexity index is 759. The molecule has 0 amide bonds. The molecule has 140 valence electrons. The van der Waals surface area contributed by atoms with Crippen molar-refractivity contribution < 1.29 is 19.3 Å². The molecule has 1 fully saturated rings. The quantitative estimate of drug-likeness (QED) is 0.853. The summed E-state index contributed by atoms with van der Waals surface area (Å²) in [7, 11) is 0. The summed E-state index contributed by atoms with van der Waals surface area (Å²) in [6.07, 6.45) is 1.25. The van der Waals surface area contributed by atoms with E-state index in [0.717, 1.165) is 28.7 Å². The first-order valence-corrected chi connectivity index (χ1v) is 9.31. The Labute approximate surface area is 154 Å². The lowest BCUT2D eigenvalue weighted by Crippen LogP contribution is -2.33. The molecule has 1 aliphatic heterocycles. The van der Waals surface area contributed by atoms with Crippen LogP contribution in [0.4, 0.5) is 4.39 Å².